The first-order valence-corrected chi connectivity index (χ1v) is 18.7. The van der Waals surface area contributed by atoms with Crippen molar-refractivity contribution in [2.24, 2.45) is 5.92 Å². The quantitative estimate of drug-likeness (QED) is 0.312. The predicted molar refractivity (Wildman–Crippen MR) is 194 cm³/mol. The van der Waals surface area contributed by atoms with Crippen LogP contribution in [0.1, 0.15) is 57.9 Å². The van der Waals surface area contributed by atoms with E-state index in [1.54, 1.807) is 49.4 Å². The van der Waals surface area contributed by atoms with E-state index in [1.807, 2.05) is 13.0 Å². The number of nitrogens with one attached hydrogen (secondary N) is 4. The van der Waals surface area contributed by atoms with Crippen LogP contribution in [-0.2, 0) is 39.9 Å². The van der Waals surface area contributed by atoms with Gasteiger partial charge in [0.15, 0.2) is 0 Å². The highest BCUT2D eigenvalue weighted by Crippen LogP contribution is 2.28. The number of rotatable bonds is 6. The monoisotopic (exact) mass is 744 g/mol. The Labute approximate surface area is 313 Å². The third-order valence-corrected chi connectivity index (χ3v) is 10.5. The van der Waals surface area contributed by atoms with Crippen LogP contribution in [0.3, 0.4) is 0 Å². The number of carbonyl (C=O) groups excluding carboxylic acids is 7. The number of carbonyl (C=O) groups is 7. The molecule has 0 saturated carbocycles. The summed E-state index contributed by atoms with van der Waals surface area (Å²) in [4.78, 5) is 105. The third-order valence-electron chi connectivity index (χ3n) is 10.5. The Kier molecular flexibility index (Phi) is 12.1. The van der Waals surface area contributed by atoms with E-state index in [9.17, 15) is 33.6 Å². The summed E-state index contributed by atoms with van der Waals surface area (Å²) in [6.07, 6.45) is 4.50. The van der Waals surface area contributed by atoms with Crippen LogP contribution in [0, 0.1) is 5.92 Å². The molecule has 0 spiro atoms. The number of ether oxygens (including phenoxy) is 1. The van der Waals surface area contributed by atoms with Crippen LogP contribution >= 0.6 is 0 Å². The van der Waals surface area contributed by atoms with Crippen LogP contribution in [0.2, 0.25) is 0 Å². The number of aromatic nitrogens is 1. The van der Waals surface area contributed by atoms with Crippen LogP contribution in [-0.4, -0.2) is 124 Å². The second-order valence-corrected chi connectivity index (χ2v) is 14.6. The first-order chi connectivity index (χ1) is 26.0. The number of anilines is 1. The number of cyclic esters (lactones) is 1. The molecule has 2 aromatic rings. The number of nitrogens with zero attached hydrogens (tertiary/aromatic N) is 4. The molecule has 0 unspecified atom stereocenters. The maximum absolute atomic E-state index is 14.4. The predicted octanol–water partition coefficient (Wildman–Crippen LogP) is 0.970. The lowest BCUT2D eigenvalue weighted by Gasteiger charge is -2.39. The molecule has 5 heterocycles. The van der Waals surface area contributed by atoms with Crippen LogP contribution in [0.4, 0.5) is 10.6 Å². The number of piperidine rings is 1. The normalized spacial score (nSPS) is 27.2. The molecule has 0 bridgehead atoms. The molecule has 0 aliphatic carbocycles. The molecule has 1 aromatic carbocycles. The van der Waals surface area contributed by atoms with Crippen molar-refractivity contribution in [1.29, 1.82) is 0 Å². The van der Waals surface area contributed by atoms with E-state index < -0.39 is 84.4 Å². The molecule has 4 N–H and O–H groups in total. The molecule has 7 atom stereocenters. The van der Waals surface area contributed by atoms with E-state index >= 15 is 0 Å². The van der Waals surface area contributed by atoms with Gasteiger partial charge in [0.25, 0.3) is 0 Å². The van der Waals surface area contributed by atoms with Gasteiger partial charge in [0.2, 0.25) is 29.5 Å². The smallest absolute Gasteiger partial charge is 0.328 e. The first kappa shape index (κ1) is 38.2. The highest BCUT2D eigenvalue weighted by atomic mass is 16.5. The lowest BCUT2D eigenvalue weighted by Crippen LogP contribution is -2.62. The second kappa shape index (κ2) is 17.1. The van der Waals surface area contributed by atoms with Gasteiger partial charge in [0, 0.05) is 32.3 Å². The van der Waals surface area contributed by atoms with E-state index in [0.29, 0.717) is 45.1 Å². The van der Waals surface area contributed by atoms with E-state index in [1.165, 1.54) is 20.9 Å². The lowest BCUT2D eigenvalue weighted by molar-refractivity contribution is -0.158. The molecule has 4 aliphatic rings. The Morgan fingerprint density at radius 1 is 0.852 bits per heavy atom. The minimum atomic E-state index is -1.44. The summed E-state index contributed by atoms with van der Waals surface area (Å²) in [6.45, 7) is 3.66. The van der Waals surface area contributed by atoms with Gasteiger partial charge in [0.1, 0.15) is 48.7 Å². The number of hydrogen-bond acceptors (Lipinski definition) is 9. The van der Waals surface area contributed by atoms with Crippen molar-refractivity contribution in [1.82, 2.24) is 35.6 Å². The summed E-state index contributed by atoms with van der Waals surface area (Å²) in [5, 5.41) is 10.8. The summed E-state index contributed by atoms with van der Waals surface area (Å²) >= 11 is 0. The third kappa shape index (κ3) is 8.80. The maximum Gasteiger partial charge on any atom is 0.328 e. The number of pyridine rings is 1. The Morgan fingerprint density at radius 2 is 1.57 bits per heavy atom. The zero-order valence-electron chi connectivity index (χ0n) is 30.6. The molecule has 4 aliphatic heterocycles. The number of fused-ring (bicyclic) bond motifs is 3. The van der Waals surface area contributed by atoms with Crippen molar-refractivity contribution in [3.05, 3.63) is 60.3 Å². The summed E-state index contributed by atoms with van der Waals surface area (Å²) in [5.41, 5.74) is 0.728. The van der Waals surface area contributed by atoms with Crippen LogP contribution < -0.4 is 21.3 Å². The zero-order valence-corrected chi connectivity index (χ0v) is 30.6. The van der Waals surface area contributed by atoms with E-state index in [0.717, 1.165) is 5.56 Å². The van der Waals surface area contributed by atoms with Crippen LogP contribution in [0.15, 0.2) is 54.7 Å². The van der Waals surface area contributed by atoms with Gasteiger partial charge >= 0.3 is 12.0 Å². The molecule has 6 rings (SSSR count). The second-order valence-electron chi connectivity index (χ2n) is 14.6. The van der Waals surface area contributed by atoms with Crippen LogP contribution in [0.25, 0.3) is 0 Å². The fraction of sp³-hybridized carbons (Fsp3) is 0.526. The molecule has 0 radical (unpaired) electrons. The molecular formula is C38H48N8O8. The highest BCUT2D eigenvalue weighted by molar-refractivity contribution is 5.98. The Balaban J connectivity index is 1.30. The van der Waals surface area contributed by atoms with E-state index in [-0.39, 0.29) is 31.2 Å². The maximum atomic E-state index is 14.4. The van der Waals surface area contributed by atoms with Gasteiger partial charge in [-0.1, -0.05) is 43.3 Å². The minimum Gasteiger partial charge on any atom is -0.461 e. The fourth-order valence-electron chi connectivity index (χ4n) is 7.79. The molecule has 4 fully saturated rings. The fourth-order valence-corrected chi connectivity index (χ4v) is 7.79. The summed E-state index contributed by atoms with van der Waals surface area (Å²) < 4.78 is 5.73. The summed E-state index contributed by atoms with van der Waals surface area (Å²) in [6, 6.07) is 6.95. The number of hydrogen-bond donors (Lipinski definition) is 4. The average Bonchev–Trinajstić information content (AvgIpc) is 3.83. The SMILES string of the molecule is C[C@H]1C[C@H]2C(=O)OC[C@H](NC(=O)[C@H](Cc3ccccc3)NC(=O)Nc3ccccn3)C(=O)N3CCC[C@H]3C(=O)N3CCCC[C@H]3C(=O)N[C@@H](C)C(=O)N2C1. The van der Waals surface area contributed by atoms with E-state index in [4.69, 9.17) is 4.74 Å². The van der Waals surface area contributed by atoms with Gasteiger partial charge in [-0.05, 0) is 69.1 Å². The first-order valence-electron chi connectivity index (χ1n) is 18.7. The lowest BCUT2D eigenvalue weighted by atomic mass is 9.99. The molecule has 1 aromatic heterocycles. The van der Waals surface area contributed by atoms with Crippen molar-refractivity contribution >= 4 is 47.4 Å². The van der Waals surface area contributed by atoms with Crippen LogP contribution in [0.5, 0.6) is 0 Å². The summed E-state index contributed by atoms with van der Waals surface area (Å²) in [7, 11) is 0. The number of esters is 1. The molecule has 16 heteroatoms. The van der Waals surface area contributed by atoms with Crippen molar-refractivity contribution in [3.8, 4) is 0 Å². The van der Waals surface area contributed by atoms with Gasteiger partial charge in [-0.2, -0.15) is 0 Å². The zero-order chi connectivity index (χ0) is 38.4. The molecule has 288 valence electrons. The van der Waals surface area contributed by atoms with Crippen molar-refractivity contribution in [3.63, 3.8) is 0 Å². The Bertz CT molecular complexity index is 1730. The van der Waals surface area contributed by atoms with Crippen molar-refractivity contribution in [2.45, 2.75) is 95.0 Å². The van der Waals surface area contributed by atoms with Gasteiger partial charge in [-0.3, -0.25) is 29.3 Å². The van der Waals surface area contributed by atoms with E-state index in [2.05, 4.69) is 26.3 Å². The Hall–Kier alpha value is -5.54. The van der Waals surface area contributed by atoms with Crippen molar-refractivity contribution < 1.29 is 38.3 Å². The minimum absolute atomic E-state index is 0.0486. The average molecular weight is 745 g/mol. The van der Waals surface area contributed by atoms with Crippen molar-refractivity contribution in [2.75, 3.05) is 31.6 Å². The number of urea groups is 1. The van der Waals surface area contributed by atoms with Gasteiger partial charge in [0.05, 0.1) is 0 Å². The van der Waals surface area contributed by atoms with Gasteiger partial charge in [-0.15, -0.1) is 0 Å². The Morgan fingerprint density at radius 3 is 2.33 bits per heavy atom. The summed E-state index contributed by atoms with van der Waals surface area (Å²) in [5.74, 6) is -3.24. The van der Waals surface area contributed by atoms with Gasteiger partial charge in [-0.25, -0.2) is 14.6 Å². The highest BCUT2D eigenvalue weighted by Gasteiger charge is 2.46. The standard InChI is InChI=1S/C38H48N8O8/c1-23-19-30-37(52)54-22-27(41-32(47)26(20-25-11-4-3-5-12-25)42-38(53)43-31-15-6-8-16-39-31)35(50)45-18-10-14-29(45)36(51)44-17-9-7-13-28(44)33(48)40-24(2)34(49)46(30)21-23/h3-6,8,11-12,15-16,23-24,26-30H,7,9-10,13-14,17-22H2,1-2H3,(H,40,48)(H,41,47)(H2,39,42,43,53)/t23-,24-,26-,27-,28-,29-,30-/m0/s1. The molecule has 16 nitrogen and oxygen atoms in total. The molecule has 54 heavy (non-hydrogen) atoms. The van der Waals surface area contributed by atoms with Gasteiger partial charge < -0.3 is 35.4 Å². The molecular weight excluding hydrogens is 696 g/mol. The number of benzene rings is 1. The largest absolute Gasteiger partial charge is 0.461 e. The molecule has 4 saturated heterocycles. The number of amides is 7. The topological polar surface area (TPSA) is 199 Å². The molecule has 7 amide bonds.